The van der Waals surface area contributed by atoms with Crippen molar-refractivity contribution in [3.8, 4) is 0 Å². The first-order chi connectivity index (χ1) is 25.8. The Morgan fingerprint density at radius 1 is 1.00 bits per heavy atom. The monoisotopic (exact) mass is 761 g/mol. The maximum absolute atomic E-state index is 16.5. The van der Waals surface area contributed by atoms with Crippen LogP contribution in [0.1, 0.15) is 36.1 Å². The average Bonchev–Trinajstić information content (AvgIpc) is 3.81. The highest BCUT2D eigenvalue weighted by molar-refractivity contribution is 6.72. The molecule has 1 unspecified atom stereocenters. The van der Waals surface area contributed by atoms with Crippen LogP contribution >= 0.6 is 0 Å². The van der Waals surface area contributed by atoms with Crippen molar-refractivity contribution in [1.82, 2.24) is 15.0 Å². The van der Waals surface area contributed by atoms with Crippen LogP contribution in [0.5, 0.6) is 0 Å². The average molecular weight is 762 g/mol. The molecule has 7 rings (SSSR count). The Balaban J connectivity index is 1.21. The van der Waals surface area contributed by atoms with E-state index in [0.29, 0.717) is 35.6 Å². The van der Waals surface area contributed by atoms with Crippen LogP contribution in [-0.2, 0) is 31.2 Å². The van der Waals surface area contributed by atoms with Crippen LogP contribution in [0.25, 0.3) is 0 Å². The van der Waals surface area contributed by atoms with Crippen molar-refractivity contribution in [2.45, 2.75) is 86.9 Å². The number of nitrogens with zero attached hydrogens (tertiary/aromatic N) is 4. The normalized spacial score (nSPS) is 30.1. The van der Waals surface area contributed by atoms with Crippen molar-refractivity contribution in [3.63, 3.8) is 0 Å². The van der Waals surface area contributed by atoms with Gasteiger partial charge in [-0.25, -0.2) is 0 Å². The number of halogens is 1. The van der Waals surface area contributed by atoms with E-state index in [0.717, 1.165) is 5.56 Å². The molecule has 0 radical (unpaired) electrons. The molecule has 14 nitrogen and oxygen atoms in total. The number of amides is 2. The summed E-state index contributed by atoms with van der Waals surface area (Å²) in [5.41, 5.74) is 0.817. The first-order valence-electron chi connectivity index (χ1n) is 17.9. The van der Waals surface area contributed by atoms with Crippen LogP contribution in [0.4, 0.5) is 21.2 Å². The Kier molecular flexibility index (Phi) is 10.3. The van der Waals surface area contributed by atoms with Crippen LogP contribution in [0, 0.1) is 5.92 Å². The minimum atomic E-state index is -3.54. The Labute approximate surface area is 312 Å². The molecule has 2 fully saturated rings. The number of hydrogen-bond donors (Lipinski definition) is 6. The number of rotatable bonds is 10. The predicted octanol–water partition coefficient (Wildman–Crippen LogP) is 2.68. The summed E-state index contributed by atoms with van der Waals surface area (Å²) in [6.45, 7) is 5.15. The smallest absolute Gasteiger partial charge is 0.268 e. The molecule has 16 heteroatoms. The van der Waals surface area contributed by atoms with Gasteiger partial charge < -0.3 is 44.4 Å². The van der Waals surface area contributed by atoms with Gasteiger partial charge in [-0.3, -0.25) is 19.2 Å². The fraction of sp³-hybridized carbons (Fsp3) is 0.421. The van der Waals surface area contributed by atoms with Gasteiger partial charge in [0.2, 0.25) is 8.41 Å². The van der Waals surface area contributed by atoms with Crippen molar-refractivity contribution in [2.24, 2.45) is 5.92 Å². The van der Waals surface area contributed by atoms with E-state index >= 15 is 4.11 Å². The van der Waals surface area contributed by atoms with Gasteiger partial charge in [-0.15, -0.1) is 5.10 Å². The van der Waals surface area contributed by atoms with E-state index in [1.54, 1.807) is 66.4 Å². The van der Waals surface area contributed by atoms with Crippen molar-refractivity contribution in [2.75, 3.05) is 16.8 Å². The fourth-order valence-electron chi connectivity index (χ4n) is 8.34. The zero-order valence-electron chi connectivity index (χ0n) is 29.9. The van der Waals surface area contributed by atoms with E-state index < -0.39 is 74.1 Å². The molecule has 4 aromatic rings. The lowest BCUT2D eigenvalue weighted by molar-refractivity contribution is -0.274. The van der Waals surface area contributed by atoms with E-state index in [2.05, 4.69) is 15.6 Å². The molecule has 0 bridgehead atoms. The largest absolute Gasteiger partial charge is 0.395 e. The summed E-state index contributed by atoms with van der Waals surface area (Å²) in [6, 6.07) is 23.2. The van der Waals surface area contributed by atoms with Gasteiger partial charge in [0.05, 0.1) is 30.0 Å². The first kappa shape index (κ1) is 37.9. The summed E-state index contributed by atoms with van der Waals surface area (Å²) in [6.07, 6.45) is -7.81. The topological polar surface area (TPSA) is 200 Å². The molecule has 54 heavy (non-hydrogen) atoms. The van der Waals surface area contributed by atoms with Gasteiger partial charge in [-0.2, -0.15) is 0 Å². The van der Waals surface area contributed by atoms with E-state index in [9.17, 15) is 35.1 Å². The highest BCUT2D eigenvalue weighted by Gasteiger charge is 2.67. The molecule has 0 saturated carbocycles. The highest BCUT2D eigenvalue weighted by Crippen LogP contribution is 2.61. The molecule has 6 N–H and O–H groups in total. The third kappa shape index (κ3) is 6.55. The van der Waals surface area contributed by atoms with Gasteiger partial charge in [-0.1, -0.05) is 60.7 Å². The van der Waals surface area contributed by atoms with Crippen molar-refractivity contribution < 1.29 is 48.7 Å². The molecule has 3 aromatic carbocycles. The molecule has 286 valence electrons. The number of fused-ring (bicyclic) bond motifs is 2. The van der Waals surface area contributed by atoms with Crippen LogP contribution < -0.4 is 10.2 Å². The third-order valence-electron chi connectivity index (χ3n) is 10.9. The molecule has 3 aliphatic rings. The fourth-order valence-corrected chi connectivity index (χ4v) is 10.9. The summed E-state index contributed by atoms with van der Waals surface area (Å²) in [7, 11) is -3.54. The highest BCUT2D eigenvalue weighted by atomic mass is 28.4. The number of ether oxygens (including phenoxy) is 2. The summed E-state index contributed by atoms with van der Waals surface area (Å²) < 4.78 is 30.2. The number of carbonyl (C=O) groups excluding carboxylic acids is 2. The zero-order chi connectivity index (χ0) is 38.5. The van der Waals surface area contributed by atoms with Crippen LogP contribution in [0.2, 0.25) is 18.6 Å². The van der Waals surface area contributed by atoms with Gasteiger partial charge in [0.15, 0.2) is 18.0 Å². The van der Waals surface area contributed by atoms with Gasteiger partial charge in [0.25, 0.3) is 11.8 Å². The lowest BCUT2D eigenvalue weighted by Gasteiger charge is -2.37. The van der Waals surface area contributed by atoms with Crippen LogP contribution in [0.3, 0.4) is 0 Å². The minimum absolute atomic E-state index is 0.165. The zero-order valence-corrected chi connectivity index (χ0v) is 30.9. The second-order valence-electron chi connectivity index (χ2n) is 14.7. The Hall–Kier alpha value is -4.39. The predicted molar refractivity (Wildman–Crippen MR) is 196 cm³/mol. The molecule has 0 aliphatic carbocycles. The van der Waals surface area contributed by atoms with E-state index in [-0.39, 0.29) is 18.2 Å². The minimum Gasteiger partial charge on any atom is -0.395 e. The van der Waals surface area contributed by atoms with Crippen LogP contribution in [0.15, 0.2) is 85.1 Å². The Bertz CT molecular complexity index is 1980. The number of para-hydroxylation sites is 1. The van der Waals surface area contributed by atoms with Gasteiger partial charge in [-0.05, 0) is 55.4 Å². The number of carbonyl (C=O) groups is 2. The third-order valence-corrected chi connectivity index (χ3v) is 13.4. The molecule has 4 heterocycles. The number of aliphatic hydroxyl groups excluding tert-OH is 5. The summed E-state index contributed by atoms with van der Waals surface area (Å²) in [5.74, 6) is -2.36. The molecular formula is C38H44FN5O9Si. The summed E-state index contributed by atoms with van der Waals surface area (Å²) in [4.78, 5) is 29.7. The maximum Gasteiger partial charge on any atom is 0.268 e. The molecule has 2 saturated heterocycles. The SMILES string of the molecule is C[C@H]1[C@H]([Si](C)(C)F)[C@@H](CCn2cc(C(CO)c3ccccc3)nn2)O[C@]12C(=O)N(c1ccccc1)c1ccc(NC(=O)[C@H]3O[C@@H](O)[C@H](O)[C@@H](O)[C@@H]3O)cc12. The van der Waals surface area contributed by atoms with E-state index in [4.69, 9.17) is 9.47 Å². The standard InChI is InChI=1S/C38H44FN5O9Si/c1-21-34(54(2,3)39)29(16-17-43-19-27(41-42-43)25(20-45)22-10-6-4-7-11-22)53-38(21)26-18-23(40-35(49)33-31(47)30(46)32(48)36(50)52-33)14-15-28(26)44(37(38)51)24-12-8-5-9-13-24/h4-15,18-19,21,25,29-34,36,45-48,50H,16-17,20H2,1-3H3,(H,40,49)/t21-,25?,29+,30-,31-,32+,33-,34-,36+,38+/m0/s1. The second-order valence-corrected chi connectivity index (χ2v) is 18.5. The Morgan fingerprint density at radius 2 is 1.69 bits per heavy atom. The molecule has 10 atom stereocenters. The van der Waals surface area contributed by atoms with Crippen molar-refractivity contribution >= 4 is 37.3 Å². The van der Waals surface area contributed by atoms with E-state index in [1.807, 2.05) is 43.3 Å². The number of hydrogen-bond acceptors (Lipinski definition) is 11. The second kappa shape index (κ2) is 14.7. The van der Waals surface area contributed by atoms with Gasteiger partial charge >= 0.3 is 0 Å². The molecular weight excluding hydrogens is 718 g/mol. The molecule has 3 aliphatic heterocycles. The number of aromatic nitrogens is 3. The number of aryl methyl sites for hydroxylation is 1. The number of nitrogens with one attached hydrogen (secondary N) is 1. The number of aliphatic hydroxyl groups is 5. The number of anilines is 3. The summed E-state index contributed by atoms with van der Waals surface area (Å²) in [5, 5.41) is 61.9. The van der Waals surface area contributed by atoms with Gasteiger partial charge in [0, 0.05) is 41.1 Å². The molecule has 2 amide bonds. The molecule has 1 aromatic heterocycles. The lowest BCUT2D eigenvalue weighted by Crippen LogP contribution is -2.60. The summed E-state index contributed by atoms with van der Waals surface area (Å²) >= 11 is 0. The number of benzene rings is 3. The lowest BCUT2D eigenvalue weighted by atomic mass is 9.82. The molecule has 1 spiro atoms. The van der Waals surface area contributed by atoms with Crippen molar-refractivity contribution in [3.05, 3.63) is 102 Å². The van der Waals surface area contributed by atoms with Crippen LogP contribution in [-0.4, -0.2) is 104 Å². The van der Waals surface area contributed by atoms with Crippen molar-refractivity contribution in [1.29, 1.82) is 0 Å². The van der Waals surface area contributed by atoms with Gasteiger partial charge in [0.1, 0.15) is 18.3 Å². The Morgan fingerprint density at radius 3 is 2.35 bits per heavy atom. The van der Waals surface area contributed by atoms with E-state index in [1.165, 1.54) is 4.90 Å². The maximum atomic E-state index is 16.5. The first-order valence-corrected chi connectivity index (χ1v) is 20.9. The quantitative estimate of drug-likeness (QED) is 0.103.